The van der Waals surface area contributed by atoms with E-state index >= 15 is 0 Å². The van der Waals surface area contributed by atoms with Gasteiger partial charge in [0, 0.05) is 54.6 Å². The number of fused-ring (bicyclic) bond motifs is 1. The molecule has 4 heterocycles. The van der Waals surface area contributed by atoms with E-state index in [9.17, 15) is 10.1 Å². The Hall–Kier alpha value is -4.20. The molecule has 1 saturated carbocycles. The van der Waals surface area contributed by atoms with Crippen LogP contribution in [0.5, 0.6) is 5.88 Å². The predicted molar refractivity (Wildman–Crippen MR) is 144 cm³/mol. The Morgan fingerprint density at radius 1 is 1.16 bits per heavy atom. The molecule has 4 aromatic heterocycles. The fourth-order valence-corrected chi connectivity index (χ4v) is 4.90. The molecule has 0 aliphatic heterocycles. The Morgan fingerprint density at radius 3 is 2.66 bits per heavy atom. The van der Waals surface area contributed by atoms with Gasteiger partial charge in [-0.15, -0.1) is 5.10 Å². The largest absolute Gasteiger partial charge is 0.473 e. The molecular formula is C27H33N9O2. The molecule has 5 rings (SSSR count). The van der Waals surface area contributed by atoms with Gasteiger partial charge in [-0.3, -0.25) is 14.2 Å². The normalized spacial score (nSPS) is 17.9. The molecule has 1 N–H and O–H groups in total. The van der Waals surface area contributed by atoms with Gasteiger partial charge in [0.2, 0.25) is 5.88 Å². The molecule has 0 amide bonds. The van der Waals surface area contributed by atoms with Crippen molar-refractivity contribution in [3.8, 4) is 23.2 Å². The zero-order valence-corrected chi connectivity index (χ0v) is 22.3. The summed E-state index contributed by atoms with van der Waals surface area (Å²) in [5, 5.41) is 27.6. The van der Waals surface area contributed by atoms with Crippen LogP contribution < -0.4 is 15.6 Å². The summed E-state index contributed by atoms with van der Waals surface area (Å²) in [6.45, 7) is 8.88. The van der Waals surface area contributed by atoms with Crippen molar-refractivity contribution in [3.63, 3.8) is 0 Å². The third kappa shape index (κ3) is 4.86. The molecule has 1 fully saturated rings. The molecule has 0 unspecified atom stereocenters. The van der Waals surface area contributed by atoms with Gasteiger partial charge in [-0.2, -0.15) is 15.5 Å². The molecule has 0 spiro atoms. The number of aromatic nitrogens is 7. The maximum Gasteiger partial charge on any atom is 0.266 e. The van der Waals surface area contributed by atoms with Crippen molar-refractivity contribution >= 4 is 16.7 Å². The fourth-order valence-electron chi connectivity index (χ4n) is 4.90. The SMILES string of the molecule is CCNc1cc2c(cn1)c(-c1cnn(C(C)(C)C#N)c1)nn2C1CCC(Oc2ccc(=O)n(CC)n2)CC1. The number of hydrogen-bond acceptors (Lipinski definition) is 8. The van der Waals surface area contributed by atoms with Crippen LogP contribution in [0.1, 0.15) is 59.4 Å². The van der Waals surface area contributed by atoms with Crippen molar-refractivity contribution in [2.75, 3.05) is 11.9 Å². The van der Waals surface area contributed by atoms with E-state index in [0.717, 1.165) is 60.2 Å². The van der Waals surface area contributed by atoms with Gasteiger partial charge in [-0.25, -0.2) is 9.67 Å². The topological polar surface area (TPSA) is 128 Å². The summed E-state index contributed by atoms with van der Waals surface area (Å²) in [7, 11) is 0. The highest BCUT2D eigenvalue weighted by Crippen LogP contribution is 2.36. The third-order valence-electron chi connectivity index (χ3n) is 7.07. The Bertz CT molecular complexity index is 1530. The van der Waals surface area contributed by atoms with Crippen molar-refractivity contribution in [2.45, 2.75) is 77.6 Å². The first kappa shape index (κ1) is 25.4. The Balaban J connectivity index is 1.42. The molecule has 198 valence electrons. The van der Waals surface area contributed by atoms with Gasteiger partial charge in [0.25, 0.3) is 5.56 Å². The van der Waals surface area contributed by atoms with Crippen LogP contribution in [0, 0.1) is 11.3 Å². The van der Waals surface area contributed by atoms with Crippen LogP contribution in [0.25, 0.3) is 22.2 Å². The van der Waals surface area contributed by atoms with Crippen LogP contribution >= 0.6 is 0 Å². The second-order valence-electron chi connectivity index (χ2n) is 10.1. The summed E-state index contributed by atoms with van der Waals surface area (Å²) in [4.78, 5) is 16.4. The van der Waals surface area contributed by atoms with Crippen molar-refractivity contribution in [2.24, 2.45) is 0 Å². The molecule has 0 saturated heterocycles. The van der Waals surface area contributed by atoms with E-state index in [0.29, 0.717) is 12.4 Å². The molecule has 1 aliphatic rings. The van der Waals surface area contributed by atoms with Crippen molar-refractivity contribution in [1.82, 2.24) is 34.3 Å². The number of nitrogens with zero attached hydrogens (tertiary/aromatic N) is 8. The molecule has 4 aromatic rings. The van der Waals surface area contributed by atoms with Gasteiger partial charge in [-0.05, 0) is 53.4 Å². The Morgan fingerprint density at radius 2 is 1.95 bits per heavy atom. The van der Waals surface area contributed by atoms with Gasteiger partial charge in [0.05, 0.1) is 23.8 Å². The highest BCUT2D eigenvalue weighted by atomic mass is 16.5. The smallest absolute Gasteiger partial charge is 0.266 e. The second-order valence-corrected chi connectivity index (χ2v) is 10.1. The average Bonchev–Trinajstić information content (AvgIpc) is 3.56. The number of nitrogens with one attached hydrogen (secondary N) is 1. The van der Waals surface area contributed by atoms with Crippen molar-refractivity contribution in [1.29, 1.82) is 5.26 Å². The minimum Gasteiger partial charge on any atom is -0.473 e. The van der Waals surface area contributed by atoms with E-state index in [1.165, 1.54) is 10.7 Å². The molecule has 38 heavy (non-hydrogen) atoms. The molecule has 11 nitrogen and oxygen atoms in total. The van der Waals surface area contributed by atoms with E-state index in [1.54, 1.807) is 16.9 Å². The summed E-state index contributed by atoms with van der Waals surface area (Å²) >= 11 is 0. The number of ether oxygens (including phenoxy) is 1. The van der Waals surface area contributed by atoms with Crippen molar-refractivity contribution < 1.29 is 4.74 Å². The maximum atomic E-state index is 11.8. The van der Waals surface area contributed by atoms with Gasteiger partial charge in [0.1, 0.15) is 23.2 Å². The quantitative estimate of drug-likeness (QED) is 0.371. The lowest BCUT2D eigenvalue weighted by molar-refractivity contribution is 0.123. The first-order chi connectivity index (χ1) is 18.3. The van der Waals surface area contributed by atoms with Gasteiger partial charge in [-0.1, -0.05) is 0 Å². The molecule has 0 aromatic carbocycles. The van der Waals surface area contributed by atoms with Crippen molar-refractivity contribution in [3.05, 3.63) is 47.1 Å². The highest BCUT2D eigenvalue weighted by Gasteiger charge is 2.28. The van der Waals surface area contributed by atoms with Crippen LogP contribution in [0.3, 0.4) is 0 Å². The fraction of sp³-hybridized carbons (Fsp3) is 0.481. The minimum atomic E-state index is -0.759. The Labute approximate surface area is 221 Å². The lowest BCUT2D eigenvalue weighted by Gasteiger charge is -2.29. The number of anilines is 1. The summed E-state index contributed by atoms with van der Waals surface area (Å²) in [6.07, 6.45) is 9.04. The molecule has 11 heteroatoms. The molecule has 1 aliphatic carbocycles. The maximum absolute atomic E-state index is 11.8. The molecule has 0 bridgehead atoms. The van der Waals surface area contributed by atoms with Crippen LogP contribution in [0.2, 0.25) is 0 Å². The van der Waals surface area contributed by atoms with E-state index in [-0.39, 0.29) is 17.7 Å². The predicted octanol–water partition coefficient (Wildman–Crippen LogP) is 4.12. The lowest BCUT2D eigenvalue weighted by Crippen LogP contribution is -2.28. The van der Waals surface area contributed by atoms with Crippen LogP contribution in [0.4, 0.5) is 5.82 Å². The summed E-state index contributed by atoms with van der Waals surface area (Å²) in [5.74, 6) is 1.29. The highest BCUT2D eigenvalue weighted by molar-refractivity contribution is 5.93. The minimum absolute atomic E-state index is 0.0354. The summed E-state index contributed by atoms with van der Waals surface area (Å²) < 4.78 is 11.3. The standard InChI is InChI=1S/C27H33N9O2/c1-5-29-23-13-22-21(15-30-23)26(18-14-31-35(16-18)27(3,4)17-28)33-36(22)19-7-9-20(10-8-19)38-24-11-12-25(37)34(6-2)32-24/h11-16,19-20H,5-10H2,1-4H3,(H,29,30). The summed E-state index contributed by atoms with van der Waals surface area (Å²) in [5.41, 5.74) is 1.78. The number of nitriles is 1. The van der Waals surface area contributed by atoms with E-state index < -0.39 is 5.54 Å². The first-order valence-corrected chi connectivity index (χ1v) is 13.2. The second kappa shape index (κ2) is 10.3. The molecule has 0 atom stereocenters. The molecular weight excluding hydrogens is 482 g/mol. The number of rotatable bonds is 8. The number of pyridine rings is 1. The van der Waals surface area contributed by atoms with Crippen LogP contribution in [0.15, 0.2) is 41.6 Å². The number of aryl methyl sites for hydroxylation is 1. The van der Waals surface area contributed by atoms with Gasteiger partial charge >= 0.3 is 0 Å². The van der Waals surface area contributed by atoms with Crippen LogP contribution in [-0.4, -0.2) is 47.0 Å². The van der Waals surface area contributed by atoms with Gasteiger partial charge in [0.15, 0.2) is 0 Å². The monoisotopic (exact) mass is 515 g/mol. The van der Waals surface area contributed by atoms with E-state index in [1.807, 2.05) is 40.1 Å². The summed E-state index contributed by atoms with van der Waals surface area (Å²) in [6, 6.07) is 7.70. The zero-order valence-electron chi connectivity index (χ0n) is 22.3. The Kier molecular flexibility index (Phi) is 6.89. The van der Waals surface area contributed by atoms with E-state index in [2.05, 4.69) is 37.3 Å². The lowest BCUT2D eigenvalue weighted by atomic mass is 9.93. The van der Waals surface area contributed by atoms with Crippen LogP contribution in [-0.2, 0) is 12.1 Å². The average molecular weight is 516 g/mol. The third-order valence-corrected chi connectivity index (χ3v) is 7.07. The van der Waals surface area contributed by atoms with Gasteiger partial charge < -0.3 is 10.1 Å². The zero-order chi connectivity index (χ0) is 26.9. The molecule has 0 radical (unpaired) electrons. The number of hydrogen-bond donors (Lipinski definition) is 1. The first-order valence-electron chi connectivity index (χ1n) is 13.2. The van der Waals surface area contributed by atoms with E-state index in [4.69, 9.17) is 9.84 Å².